The van der Waals surface area contributed by atoms with E-state index in [1.54, 1.807) is 0 Å². The zero-order valence-electron chi connectivity index (χ0n) is 22.3. The molecule has 0 aliphatic carbocycles. The predicted molar refractivity (Wildman–Crippen MR) is 171 cm³/mol. The molecule has 0 saturated carbocycles. The van der Waals surface area contributed by atoms with Crippen LogP contribution in [0.15, 0.2) is 126 Å². The first-order valence-electron chi connectivity index (χ1n) is 13.6. The summed E-state index contributed by atoms with van der Waals surface area (Å²) in [5.74, 6) is 0. The van der Waals surface area contributed by atoms with Crippen molar-refractivity contribution in [1.29, 1.82) is 0 Å². The summed E-state index contributed by atoms with van der Waals surface area (Å²) in [5, 5.41) is 7.83. The Hall–Kier alpha value is -4.65. The second kappa shape index (κ2) is 8.95. The largest absolute Gasteiger partial charge is 0.455 e. The average molecular weight is 532 g/mol. The number of nitrogens with zero attached hydrogens (tertiary/aromatic N) is 1. The molecule has 0 aliphatic heterocycles. The summed E-state index contributed by atoms with van der Waals surface area (Å²) in [5.41, 5.74) is 9.48. The van der Waals surface area contributed by atoms with E-state index in [2.05, 4.69) is 123 Å². The van der Waals surface area contributed by atoms with Gasteiger partial charge in [-0.3, -0.25) is 0 Å². The number of fused-ring (bicyclic) bond motifs is 6. The van der Waals surface area contributed by atoms with Crippen LogP contribution in [0.4, 0.5) is 0 Å². The molecule has 0 spiro atoms. The van der Waals surface area contributed by atoms with E-state index >= 15 is 0 Å². The van der Waals surface area contributed by atoms with Crippen LogP contribution in [0, 0.1) is 6.92 Å². The number of pyridine rings is 1. The Morgan fingerprint density at radius 3 is 2.12 bits per heavy atom. The first-order valence-corrected chi connectivity index (χ1v) is 15.4. The number of furan rings is 1. The molecule has 0 saturated heterocycles. The van der Waals surface area contributed by atoms with Gasteiger partial charge in [-0.1, -0.05) is 91.0 Å². The normalized spacial score (nSPS) is 12.2. The Bertz CT molecular complexity index is 2220. The van der Waals surface area contributed by atoms with Gasteiger partial charge >= 0.3 is 0 Å². The number of benzene rings is 5. The molecule has 1 atom stereocenters. The molecule has 0 bridgehead atoms. The summed E-state index contributed by atoms with van der Waals surface area (Å²) >= 11 is 0. The summed E-state index contributed by atoms with van der Waals surface area (Å²) in [6, 6.07) is 43.3. The molecule has 0 aliphatic rings. The molecule has 8 rings (SSSR count). The van der Waals surface area contributed by atoms with Crippen LogP contribution in [0.5, 0.6) is 0 Å². The maximum Gasteiger partial charge on any atom is 0.144 e. The third-order valence-corrected chi connectivity index (χ3v) is 10.3. The average Bonchev–Trinajstić information content (AvgIpc) is 3.52. The van der Waals surface area contributed by atoms with Crippen molar-refractivity contribution in [3.05, 3.63) is 127 Å². The molecule has 3 aromatic heterocycles. The molecule has 0 N–H and O–H groups in total. The summed E-state index contributed by atoms with van der Waals surface area (Å²) < 4.78 is 6.48. The lowest BCUT2D eigenvalue weighted by Gasteiger charge is -2.12. The van der Waals surface area contributed by atoms with Crippen LogP contribution in [-0.2, 0) is 6.66 Å². The summed E-state index contributed by atoms with van der Waals surface area (Å²) in [7, 11) is -0.475. The van der Waals surface area contributed by atoms with Crippen molar-refractivity contribution in [2.75, 3.05) is 0 Å². The molecular weight excluding hydrogens is 505 g/mol. The van der Waals surface area contributed by atoms with Crippen molar-refractivity contribution in [2.24, 2.45) is 6.66 Å². The highest BCUT2D eigenvalue weighted by Gasteiger charge is 2.19. The van der Waals surface area contributed by atoms with E-state index in [9.17, 15) is 0 Å². The molecule has 40 heavy (non-hydrogen) atoms. The van der Waals surface area contributed by atoms with E-state index < -0.39 is 7.53 Å². The highest BCUT2D eigenvalue weighted by Crippen LogP contribution is 2.51. The van der Waals surface area contributed by atoms with Gasteiger partial charge in [0.2, 0.25) is 0 Å². The first-order chi connectivity index (χ1) is 19.7. The molecule has 0 amide bonds. The third kappa shape index (κ3) is 3.54. The van der Waals surface area contributed by atoms with Crippen LogP contribution in [0.3, 0.4) is 0 Å². The molecule has 2 nitrogen and oxygen atoms in total. The van der Waals surface area contributed by atoms with Gasteiger partial charge in [-0.05, 0) is 71.4 Å². The van der Waals surface area contributed by atoms with Gasteiger partial charge in [0.05, 0.1) is 11.4 Å². The standard InChI is InChI=1S/C37H26NOP/c1-23-19-30-26-13-6-8-17-34(26)39-36(30)31(20-23)33-22-25(24-11-4-3-5-12-24)21-32(38-33)29-16-10-15-28-27-14-7-9-18-35(27)40(2)37(28)29/h3-22H,1-2H3. The number of para-hydroxylation sites is 1. The fourth-order valence-corrected chi connectivity index (χ4v) is 8.42. The van der Waals surface area contributed by atoms with E-state index in [0.717, 1.165) is 44.5 Å². The fraction of sp³-hybridized carbons (Fsp3) is 0.0541. The molecule has 5 aromatic carbocycles. The van der Waals surface area contributed by atoms with E-state index in [1.807, 2.05) is 12.1 Å². The van der Waals surface area contributed by atoms with Gasteiger partial charge in [0.15, 0.2) is 0 Å². The van der Waals surface area contributed by atoms with Crippen LogP contribution in [0.1, 0.15) is 5.56 Å². The zero-order valence-corrected chi connectivity index (χ0v) is 23.2. The second-order valence-corrected chi connectivity index (χ2v) is 12.6. The molecule has 0 fully saturated rings. The minimum atomic E-state index is -0.475. The minimum Gasteiger partial charge on any atom is -0.455 e. The van der Waals surface area contributed by atoms with Gasteiger partial charge in [0.1, 0.15) is 11.2 Å². The zero-order chi connectivity index (χ0) is 26.8. The maximum atomic E-state index is 6.48. The van der Waals surface area contributed by atoms with Crippen molar-refractivity contribution < 1.29 is 4.42 Å². The smallest absolute Gasteiger partial charge is 0.144 e. The van der Waals surface area contributed by atoms with Crippen molar-refractivity contribution >= 4 is 50.5 Å². The van der Waals surface area contributed by atoms with Gasteiger partial charge in [-0.15, -0.1) is 7.53 Å². The lowest BCUT2D eigenvalue weighted by Crippen LogP contribution is -1.92. The number of rotatable bonds is 3. The van der Waals surface area contributed by atoms with Gasteiger partial charge in [-0.25, -0.2) is 4.98 Å². The Balaban J connectivity index is 1.46. The minimum absolute atomic E-state index is 0.475. The van der Waals surface area contributed by atoms with Crippen molar-refractivity contribution in [3.8, 4) is 33.6 Å². The molecule has 0 radical (unpaired) electrons. The highest BCUT2D eigenvalue weighted by atomic mass is 31.1. The van der Waals surface area contributed by atoms with Gasteiger partial charge < -0.3 is 4.42 Å². The highest BCUT2D eigenvalue weighted by molar-refractivity contribution is 7.60. The lowest BCUT2D eigenvalue weighted by molar-refractivity contribution is 0.669. The number of aryl methyl sites for hydroxylation is 2. The van der Waals surface area contributed by atoms with Gasteiger partial charge in [0.25, 0.3) is 0 Å². The van der Waals surface area contributed by atoms with Crippen molar-refractivity contribution in [3.63, 3.8) is 0 Å². The summed E-state index contributed by atoms with van der Waals surface area (Å²) in [6.45, 7) is 4.53. The monoisotopic (exact) mass is 531 g/mol. The molecule has 190 valence electrons. The quantitative estimate of drug-likeness (QED) is 0.227. The molecule has 3 heterocycles. The Morgan fingerprint density at radius 2 is 1.27 bits per heavy atom. The van der Waals surface area contributed by atoms with Crippen LogP contribution in [0.2, 0.25) is 0 Å². The SMILES string of the molecule is Cc1cc(-c2cc(-c3ccccc3)cc(-c3cccc4c5ccccc5p(C)c34)n2)c2oc3ccccc3c2c1. The van der Waals surface area contributed by atoms with Gasteiger partial charge in [-0.2, -0.15) is 0 Å². The van der Waals surface area contributed by atoms with Crippen molar-refractivity contribution in [1.82, 2.24) is 4.98 Å². The van der Waals surface area contributed by atoms with Crippen molar-refractivity contribution in [2.45, 2.75) is 6.92 Å². The molecule has 3 heteroatoms. The maximum absolute atomic E-state index is 6.48. The van der Waals surface area contributed by atoms with E-state index in [-0.39, 0.29) is 0 Å². The molecule has 8 aromatic rings. The summed E-state index contributed by atoms with van der Waals surface area (Å²) in [4.78, 5) is 5.39. The topological polar surface area (TPSA) is 26.0 Å². The number of hydrogen-bond acceptors (Lipinski definition) is 2. The van der Waals surface area contributed by atoms with E-state index in [4.69, 9.17) is 9.40 Å². The lowest BCUT2D eigenvalue weighted by atomic mass is 9.97. The Morgan fingerprint density at radius 1 is 0.575 bits per heavy atom. The Kier molecular flexibility index (Phi) is 5.20. The Labute approximate surface area is 233 Å². The van der Waals surface area contributed by atoms with Crippen LogP contribution < -0.4 is 0 Å². The second-order valence-electron chi connectivity index (χ2n) is 10.6. The predicted octanol–water partition coefficient (Wildman–Crippen LogP) is 11.1. The number of aromatic nitrogens is 1. The summed E-state index contributed by atoms with van der Waals surface area (Å²) in [6.07, 6.45) is 0. The number of hydrogen-bond donors (Lipinski definition) is 0. The third-order valence-electron chi connectivity index (χ3n) is 8.03. The fourth-order valence-electron chi connectivity index (χ4n) is 6.21. The van der Waals surface area contributed by atoms with Gasteiger partial charge in [0, 0.05) is 32.1 Å². The van der Waals surface area contributed by atoms with Crippen LogP contribution >= 0.6 is 7.53 Å². The first kappa shape index (κ1) is 23.3. The van der Waals surface area contributed by atoms with Crippen LogP contribution in [-0.4, -0.2) is 4.98 Å². The molecule has 1 unspecified atom stereocenters. The molecular formula is C37H26NOP. The van der Waals surface area contributed by atoms with E-state index in [0.29, 0.717) is 0 Å². The van der Waals surface area contributed by atoms with Crippen LogP contribution in [0.25, 0.3) is 76.6 Å². The van der Waals surface area contributed by atoms with E-state index in [1.165, 1.54) is 37.7 Å².